The Hall–Kier alpha value is -5.41. The zero-order valence-corrected chi connectivity index (χ0v) is 29.5. The summed E-state index contributed by atoms with van der Waals surface area (Å²) in [6, 6.07) is 5.55. The Bertz CT molecular complexity index is 2070. The van der Waals surface area contributed by atoms with Crippen LogP contribution < -0.4 is 15.4 Å². The van der Waals surface area contributed by atoms with E-state index in [1.165, 1.54) is 16.5 Å². The highest BCUT2D eigenvalue weighted by Crippen LogP contribution is 2.37. The number of aromatic nitrogens is 4. The summed E-state index contributed by atoms with van der Waals surface area (Å²) >= 11 is 0. The van der Waals surface area contributed by atoms with E-state index in [-0.39, 0.29) is 43.4 Å². The number of hydrogen-bond acceptors (Lipinski definition) is 8. The Morgan fingerprint density at radius 1 is 1.04 bits per heavy atom. The number of ether oxygens (including phenoxy) is 1. The van der Waals surface area contributed by atoms with Gasteiger partial charge in [-0.15, -0.1) is 13.2 Å². The predicted molar refractivity (Wildman–Crippen MR) is 185 cm³/mol. The van der Waals surface area contributed by atoms with Crippen LogP contribution in [0.1, 0.15) is 74.2 Å². The first-order valence-corrected chi connectivity index (χ1v) is 17.4. The fourth-order valence-electron chi connectivity index (χ4n) is 7.07. The van der Waals surface area contributed by atoms with Gasteiger partial charge in [-0.1, -0.05) is 25.8 Å². The molecule has 2 atom stereocenters. The molecule has 0 saturated carbocycles. The zero-order valence-electron chi connectivity index (χ0n) is 29.5. The topological polar surface area (TPSA) is 148 Å². The number of halogens is 4. The highest BCUT2D eigenvalue weighted by Gasteiger charge is 2.46. The number of carbonyl (C=O) groups is 4. The van der Waals surface area contributed by atoms with E-state index in [0.29, 0.717) is 36.0 Å². The Morgan fingerprint density at radius 3 is 2.45 bits per heavy atom. The maximum absolute atomic E-state index is 15.1. The van der Waals surface area contributed by atoms with Gasteiger partial charge in [-0.3, -0.25) is 23.9 Å². The fourth-order valence-corrected chi connectivity index (χ4v) is 7.07. The number of nitrogens with zero attached hydrogens (tertiary/aromatic N) is 5. The highest BCUT2D eigenvalue weighted by molar-refractivity contribution is 6.07. The molecule has 4 heterocycles. The van der Waals surface area contributed by atoms with Crippen LogP contribution in [0.2, 0.25) is 0 Å². The van der Waals surface area contributed by atoms with Gasteiger partial charge in [0.1, 0.15) is 24.1 Å². The minimum Gasteiger partial charge on any atom is -0.403 e. The number of benzene rings is 2. The van der Waals surface area contributed by atoms with Crippen LogP contribution in [-0.4, -0.2) is 73.6 Å². The molecule has 16 heteroatoms. The van der Waals surface area contributed by atoms with E-state index in [9.17, 15) is 32.3 Å². The number of Topliss-reactive ketones (excluding diaryl/α,β-unsaturated/α-hetero) is 1. The minimum absolute atomic E-state index is 0.0209. The summed E-state index contributed by atoms with van der Waals surface area (Å²) in [6.45, 7) is 4.77. The van der Waals surface area contributed by atoms with Crippen molar-refractivity contribution in [3.8, 4) is 16.9 Å². The number of amides is 3. The molecule has 0 radical (unpaired) electrons. The van der Waals surface area contributed by atoms with Gasteiger partial charge >= 0.3 is 6.36 Å². The summed E-state index contributed by atoms with van der Waals surface area (Å²) in [6.07, 6.45) is 2.21. The number of hydrogen-bond donors (Lipinski definition) is 2. The molecule has 4 aromatic rings. The van der Waals surface area contributed by atoms with Crippen LogP contribution >= 0.6 is 0 Å². The molecule has 53 heavy (non-hydrogen) atoms. The summed E-state index contributed by atoms with van der Waals surface area (Å²) in [5.41, 5.74) is 1.74. The van der Waals surface area contributed by atoms with Crippen molar-refractivity contribution in [2.24, 2.45) is 5.41 Å². The Morgan fingerprint density at radius 2 is 1.75 bits per heavy atom. The van der Waals surface area contributed by atoms with E-state index in [0.717, 1.165) is 54.2 Å². The van der Waals surface area contributed by atoms with Crippen molar-refractivity contribution in [2.75, 3.05) is 18.4 Å². The van der Waals surface area contributed by atoms with Gasteiger partial charge in [-0.2, -0.15) is 5.10 Å². The molecule has 1 saturated heterocycles. The van der Waals surface area contributed by atoms with Crippen LogP contribution in [-0.2, 0) is 27.3 Å². The molecule has 0 aliphatic carbocycles. The Kier molecular flexibility index (Phi) is 10.5. The molecule has 2 aromatic carbocycles. The van der Waals surface area contributed by atoms with E-state index in [1.807, 2.05) is 12.1 Å². The minimum atomic E-state index is -5.17. The molecule has 12 nitrogen and oxygen atoms in total. The lowest BCUT2D eigenvalue weighted by Gasteiger charge is -2.26. The molecule has 3 amide bonds. The first-order chi connectivity index (χ1) is 25.1. The van der Waals surface area contributed by atoms with Gasteiger partial charge in [0.05, 0.1) is 11.2 Å². The van der Waals surface area contributed by atoms with Crippen LogP contribution in [0, 0.1) is 18.2 Å². The van der Waals surface area contributed by atoms with Crippen LogP contribution in [0.3, 0.4) is 0 Å². The van der Waals surface area contributed by atoms with E-state index in [1.54, 1.807) is 26.2 Å². The predicted octanol–water partition coefficient (Wildman–Crippen LogP) is 5.91. The standard InChI is InChI=1S/C37H39F4N7O5/c1-21(49)33-26-14-24(25-16-42-22(2)43-17-25)13-23-9-6-4-5-7-12-30(50)44-19-36(3)15-28(47(20-36)31(51)18-48(46-33)34(23)26)35(52)45-27-10-8-11-29(32(27)38)53-37(39,40)41/h8,10-11,13-14,16-17,28H,4-7,9,12,15,18-20H2,1-3H3,(H,44,50)(H,45,52)/t28-,36-/m0/s1. The monoisotopic (exact) mass is 737 g/mol. The summed E-state index contributed by atoms with van der Waals surface area (Å²) in [4.78, 5) is 63.8. The van der Waals surface area contributed by atoms with Crippen LogP contribution in [0.25, 0.3) is 22.0 Å². The second kappa shape index (κ2) is 14.9. The zero-order chi connectivity index (χ0) is 38.1. The Labute approximate surface area is 302 Å². The summed E-state index contributed by atoms with van der Waals surface area (Å²) in [5, 5.41) is 10.4. The SMILES string of the molecule is CC(=O)c1nn2c3c(cc(-c4cnc(C)nc4)cc13)CCCCCCC(=O)NC[C@]1(C)C[C@@H](C(=O)Nc3cccc(OC(F)(F)F)c3F)N(C1)C(=O)C2. The van der Waals surface area contributed by atoms with Gasteiger partial charge in [0.2, 0.25) is 17.7 Å². The molecule has 6 rings (SSSR count). The number of alkyl halides is 3. The molecule has 0 unspecified atom stereocenters. The van der Waals surface area contributed by atoms with Crippen molar-refractivity contribution in [3.05, 3.63) is 65.6 Å². The van der Waals surface area contributed by atoms with Crippen molar-refractivity contribution in [1.82, 2.24) is 30.0 Å². The van der Waals surface area contributed by atoms with Crippen molar-refractivity contribution in [2.45, 2.75) is 84.7 Å². The number of ketones is 1. The third-order valence-electron chi connectivity index (χ3n) is 9.65. The smallest absolute Gasteiger partial charge is 0.403 e. The molecule has 2 N–H and O–H groups in total. The van der Waals surface area contributed by atoms with Crippen molar-refractivity contribution < 1.29 is 41.5 Å². The maximum atomic E-state index is 15.1. The van der Waals surface area contributed by atoms with Crippen molar-refractivity contribution in [3.63, 3.8) is 0 Å². The fraction of sp³-hybridized carbons (Fsp3) is 0.432. The van der Waals surface area contributed by atoms with Crippen LogP contribution in [0.15, 0.2) is 42.7 Å². The van der Waals surface area contributed by atoms with E-state index in [4.69, 9.17) is 0 Å². The normalized spacial score (nSPS) is 20.2. The second-order valence-electron chi connectivity index (χ2n) is 14.0. The molecular weight excluding hydrogens is 698 g/mol. The summed E-state index contributed by atoms with van der Waals surface area (Å²) in [5.74, 6) is -3.83. The molecule has 2 aromatic heterocycles. The van der Waals surface area contributed by atoms with Gasteiger partial charge in [-0.05, 0) is 68.0 Å². The average molecular weight is 738 g/mol. The largest absolute Gasteiger partial charge is 0.573 e. The molecular formula is C37H39F4N7O5. The first kappa shape index (κ1) is 37.4. The van der Waals surface area contributed by atoms with Crippen molar-refractivity contribution in [1.29, 1.82) is 0 Å². The lowest BCUT2D eigenvalue weighted by Crippen LogP contribution is -2.45. The number of anilines is 1. The number of nitrogens with one attached hydrogen (secondary N) is 2. The molecule has 2 aliphatic rings. The van der Waals surface area contributed by atoms with Gasteiger partial charge in [0.25, 0.3) is 0 Å². The first-order valence-electron chi connectivity index (χ1n) is 17.4. The van der Waals surface area contributed by atoms with Crippen molar-refractivity contribution >= 4 is 40.1 Å². The molecule has 280 valence electrons. The third-order valence-corrected chi connectivity index (χ3v) is 9.65. The highest BCUT2D eigenvalue weighted by atomic mass is 19.4. The van der Waals surface area contributed by atoms with Gasteiger partial charge in [0.15, 0.2) is 17.3 Å². The molecule has 2 aliphatic heterocycles. The number of aryl methyl sites for hydroxylation is 2. The van der Waals surface area contributed by atoms with Gasteiger partial charge < -0.3 is 20.3 Å². The average Bonchev–Trinajstić information content (AvgIpc) is 3.65. The van der Waals surface area contributed by atoms with E-state index >= 15 is 4.39 Å². The lowest BCUT2D eigenvalue weighted by molar-refractivity contribution is -0.275. The van der Waals surface area contributed by atoms with E-state index < -0.39 is 46.9 Å². The van der Waals surface area contributed by atoms with E-state index in [2.05, 4.69) is 30.4 Å². The van der Waals surface area contributed by atoms with Crippen LogP contribution in [0.5, 0.6) is 5.75 Å². The quantitative estimate of drug-likeness (QED) is 0.190. The molecule has 1 fully saturated rings. The third kappa shape index (κ3) is 8.47. The molecule has 0 spiro atoms. The Balaban J connectivity index is 1.39. The molecule has 2 bridgehead atoms. The van der Waals surface area contributed by atoms with Gasteiger partial charge in [-0.25, -0.2) is 14.4 Å². The summed E-state index contributed by atoms with van der Waals surface area (Å²) in [7, 11) is 0. The maximum Gasteiger partial charge on any atom is 0.573 e. The lowest BCUT2D eigenvalue weighted by atomic mass is 9.87. The second-order valence-corrected chi connectivity index (χ2v) is 14.0. The summed E-state index contributed by atoms with van der Waals surface area (Å²) < 4.78 is 59.0. The van der Waals surface area contributed by atoms with Gasteiger partial charge in [0, 0.05) is 55.2 Å². The number of carbonyl (C=O) groups excluding carboxylic acids is 4. The number of rotatable bonds is 5. The number of fused-ring (bicyclic) bond motifs is 2. The van der Waals surface area contributed by atoms with Crippen LogP contribution in [0.4, 0.5) is 23.2 Å².